The molecule has 0 amide bonds. The van der Waals surface area contributed by atoms with Crippen molar-refractivity contribution in [2.75, 3.05) is 20.2 Å². The highest BCUT2D eigenvalue weighted by Crippen LogP contribution is 2.54. The fraction of sp³-hybridized carbons (Fsp3) is 0.688. The van der Waals surface area contributed by atoms with Gasteiger partial charge in [-0.2, -0.15) is 0 Å². The molecule has 0 N–H and O–H groups in total. The summed E-state index contributed by atoms with van der Waals surface area (Å²) in [7, 11) is 2.25. The number of fused-ring (bicyclic) bond motifs is 1. The molecule has 19 heavy (non-hydrogen) atoms. The Morgan fingerprint density at radius 1 is 1.42 bits per heavy atom. The highest BCUT2D eigenvalue weighted by atomic mass is 16.5. The minimum absolute atomic E-state index is 0.292. The van der Waals surface area contributed by atoms with Crippen molar-refractivity contribution in [2.45, 2.75) is 38.8 Å². The lowest BCUT2D eigenvalue weighted by atomic mass is 9.57. The van der Waals surface area contributed by atoms with Crippen LogP contribution in [0.1, 0.15) is 26.0 Å². The number of aromatic nitrogens is 1. The molecule has 1 aromatic heterocycles. The summed E-state index contributed by atoms with van der Waals surface area (Å²) in [4.78, 5) is 6.92. The van der Waals surface area contributed by atoms with Gasteiger partial charge in [0.25, 0.3) is 0 Å². The zero-order valence-corrected chi connectivity index (χ0v) is 12.2. The van der Waals surface area contributed by atoms with Gasteiger partial charge in [-0.1, -0.05) is 19.9 Å². The molecule has 0 spiro atoms. The van der Waals surface area contributed by atoms with Crippen molar-refractivity contribution in [1.29, 1.82) is 0 Å². The SMILES string of the molecule is CN(CCc1ccccn1)[C@@H]1[C@@H]2CCO[C@H]2C1(C)C. The third-order valence-corrected chi connectivity index (χ3v) is 4.96. The number of hydrogen-bond donors (Lipinski definition) is 0. The van der Waals surface area contributed by atoms with E-state index >= 15 is 0 Å². The van der Waals surface area contributed by atoms with Crippen molar-refractivity contribution >= 4 is 0 Å². The Labute approximate surface area is 116 Å². The van der Waals surface area contributed by atoms with E-state index in [0.717, 1.165) is 25.5 Å². The Hall–Kier alpha value is -0.930. The van der Waals surface area contributed by atoms with Gasteiger partial charge in [-0.15, -0.1) is 0 Å². The summed E-state index contributed by atoms with van der Waals surface area (Å²) >= 11 is 0. The van der Waals surface area contributed by atoms with Crippen molar-refractivity contribution in [3.63, 3.8) is 0 Å². The van der Waals surface area contributed by atoms with Crippen LogP contribution in [0, 0.1) is 11.3 Å². The fourth-order valence-corrected chi connectivity index (χ4v) is 4.17. The predicted molar refractivity (Wildman–Crippen MR) is 76.0 cm³/mol. The van der Waals surface area contributed by atoms with Gasteiger partial charge in [-0.3, -0.25) is 4.98 Å². The van der Waals surface area contributed by atoms with Gasteiger partial charge >= 0.3 is 0 Å². The van der Waals surface area contributed by atoms with Gasteiger partial charge < -0.3 is 9.64 Å². The Morgan fingerprint density at radius 3 is 3.00 bits per heavy atom. The van der Waals surface area contributed by atoms with Crippen LogP contribution in [-0.4, -0.2) is 42.2 Å². The van der Waals surface area contributed by atoms with Gasteiger partial charge in [0, 0.05) is 48.8 Å². The van der Waals surface area contributed by atoms with Crippen LogP contribution in [0.3, 0.4) is 0 Å². The Morgan fingerprint density at radius 2 is 2.26 bits per heavy atom. The van der Waals surface area contributed by atoms with Gasteiger partial charge in [-0.05, 0) is 25.6 Å². The highest BCUT2D eigenvalue weighted by Gasteiger charge is 2.60. The molecule has 3 atom stereocenters. The first-order chi connectivity index (χ1) is 9.10. The Kier molecular flexibility index (Phi) is 3.35. The fourth-order valence-electron chi connectivity index (χ4n) is 4.17. The maximum atomic E-state index is 5.87. The molecule has 0 radical (unpaired) electrons. The van der Waals surface area contributed by atoms with E-state index in [2.05, 4.69) is 42.9 Å². The molecule has 3 rings (SSSR count). The summed E-state index contributed by atoms with van der Waals surface area (Å²) in [5.41, 5.74) is 1.48. The summed E-state index contributed by atoms with van der Waals surface area (Å²) in [6.07, 6.45) is 4.62. The molecule has 3 heteroatoms. The number of nitrogens with zero attached hydrogens (tertiary/aromatic N) is 2. The zero-order chi connectivity index (χ0) is 13.5. The molecule has 2 heterocycles. The molecular weight excluding hydrogens is 236 g/mol. The smallest absolute Gasteiger partial charge is 0.0685 e. The minimum Gasteiger partial charge on any atom is -0.377 e. The van der Waals surface area contributed by atoms with E-state index in [1.54, 1.807) is 0 Å². The maximum Gasteiger partial charge on any atom is 0.0685 e. The van der Waals surface area contributed by atoms with E-state index in [1.165, 1.54) is 12.1 Å². The van der Waals surface area contributed by atoms with Crippen LogP contribution in [0.25, 0.3) is 0 Å². The van der Waals surface area contributed by atoms with Gasteiger partial charge in [0.05, 0.1) is 6.10 Å². The molecule has 0 unspecified atom stereocenters. The molecule has 1 saturated carbocycles. The van der Waals surface area contributed by atoms with E-state index in [4.69, 9.17) is 4.74 Å². The van der Waals surface area contributed by atoms with Crippen LogP contribution in [0.4, 0.5) is 0 Å². The molecule has 1 aromatic rings. The number of pyridine rings is 1. The lowest BCUT2D eigenvalue weighted by molar-refractivity contribution is -0.149. The zero-order valence-electron chi connectivity index (χ0n) is 12.2. The van der Waals surface area contributed by atoms with E-state index < -0.39 is 0 Å². The van der Waals surface area contributed by atoms with E-state index in [9.17, 15) is 0 Å². The summed E-state index contributed by atoms with van der Waals surface area (Å²) < 4.78 is 5.87. The standard InChI is InChI=1S/C16H24N2O/c1-16(2)14(13-8-11-19-15(13)16)18(3)10-7-12-6-4-5-9-17-12/h4-6,9,13-15H,7-8,10-11H2,1-3H3/t13-,14+,15+/m0/s1. The lowest BCUT2D eigenvalue weighted by Gasteiger charge is -2.58. The Bertz CT molecular complexity index is 432. The second-order valence-corrected chi connectivity index (χ2v) is 6.56. The summed E-state index contributed by atoms with van der Waals surface area (Å²) in [6.45, 7) is 6.72. The predicted octanol–water partition coefficient (Wildman–Crippen LogP) is 2.37. The molecule has 1 saturated heterocycles. The summed E-state index contributed by atoms with van der Waals surface area (Å²) in [5, 5.41) is 0. The van der Waals surface area contributed by atoms with Crippen LogP contribution < -0.4 is 0 Å². The first-order valence-corrected chi connectivity index (χ1v) is 7.32. The topological polar surface area (TPSA) is 25.4 Å². The van der Waals surface area contributed by atoms with Crippen molar-refractivity contribution < 1.29 is 4.74 Å². The molecule has 3 nitrogen and oxygen atoms in total. The number of ether oxygens (including phenoxy) is 1. The largest absolute Gasteiger partial charge is 0.377 e. The monoisotopic (exact) mass is 260 g/mol. The molecular formula is C16H24N2O. The van der Waals surface area contributed by atoms with Gasteiger partial charge in [0.1, 0.15) is 0 Å². The third-order valence-electron chi connectivity index (χ3n) is 4.96. The molecule has 2 fully saturated rings. The van der Waals surface area contributed by atoms with Crippen LogP contribution >= 0.6 is 0 Å². The van der Waals surface area contributed by atoms with Crippen molar-refractivity contribution in [2.24, 2.45) is 11.3 Å². The first-order valence-electron chi connectivity index (χ1n) is 7.32. The molecule has 2 aliphatic rings. The van der Waals surface area contributed by atoms with Crippen LogP contribution in [-0.2, 0) is 11.2 Å². The Balaban J connectivity index is 1.60. The molecule has 104 valence electrons. The number of rotatable bonds is 4. The van der Waals surface area contributed by atoms with Crippen molar-refractivity contribution in [1.82, 2.24) is 9.88 Å². The maximum absolute atomic E-state index is 5.87. The van der Waals surface area contributed by atoms with Crippen LogP contribution in [0.15, 0.2) is 24.4 Å². The minimum atomic E-state index is 0.292. The molecule has 0 bridgehead atoms. The quantitative estimate of drug-likeness (QED) is 0.831. The molecule has 1 aliphatic carbocycles. The lowest BCUT2D eigenvalue weighted by Crippen LogP contribution is -2.66. The second kappa shape index (κ2) is 4.88. The van der Waals surface area contributed by atoms with Crippen molar-refractivity contribution in [3.05, 3.63) is 30.1 Å². The number of likely N-dealkylation sites (N-methyl/N-ethyl adjacent to an activating group) is 1. The second-order valence-electron chi connectivity index (χ2n) is 6.56. The summed E-state index contributed by atoms with van der Waals surface area (Å²) in [6, 6.07) is 6.81. The highest BCUT2D eigenvalue weighted by molar-refractivity contribution is 5.12. The normalized spacial score (nSPS) is 32.1. The van der Waals surface area contributed by atoms with E-state index in [0.29, 0.717) is 17.6 Å². The van der Waals surface area contributed by atoms with E-state index in [-0.39, 0.29) is 0 Å². The van der Waals surface area contributed by atoms with Gasteiger partial charge in [0.15, 0.2) is 0 Å². The summed E-state index contributed by atoms with van der Waals surface area (Å²) in [5.74, 6) is 0.740. The third kappa shape index (κ3) is 2.19. The van der Waals surface area contributed by atoms with Gasteiger partial charge in [0.2, 0.25) is 0 Å². The molecule has 1 aliphatic heterocycles. The van der Waals surface area contributed by atoms with Crippen LogP contribution in [0.5, 0.6) is 0 Å². The van der Waals surface area contributed by atoms with Crippen molar-refractivity contribution in [3.8, 4) is 0 Å². The average Bonchev–Trinajstić information content (AvgIpc) is 2.83. The average molecular weight is 260 g/mol. The number of hydrogen-bond acceptors (Lipinski definition) is 3. The van der Waals surface area contributed by atoms with Crippen LogP contribution in [0.2, 0.25) is 0 Å². The van der Waals surface area contributed by atoms with Gasteiger partial charge in [-0.25, -0.2) is 0 Å². The van der Waals surface area contributed by atoms with E-state index in [1.807, 2.05) is 12.3 Å². The molecule has 0 aromatic carbocycles. The first kappa shape index (κ1) is 13.1.